The SMILES string of the molecule is Cc1cccc(S(=O)(=O)N2CCC[C@@H]2[C@@H]2COCC[C@@]2(C)O)c1F. The first-order valence-corrected chi connectivity index (χ1v) is 9.76. The lowest BCUT2D eigenvalue weighted by Gasteiger charge is -2.42. The molecule has 2 aliphatic heterocycles. The number of hydrogen-bond donors (Lipinski definition) is 1. The third kappa shape index (κ3) is 2.98. The van der Waals surface area contributed by atoms with Gasteiger partial charge in [-0.2, -0.15) is 4.31 Å². The van der Waals surface area contributed by atoms with Gasteiger partial charge in [0.1, 0.15) is 10.7 Å². The van der Waals surface area contributed by atoms with Crippen LogP contribution in [0.5, 0.6) is 0 Å². The highest BCUT2D eigenvalue weighted by molar-refractivity contribution is 7.89. The molecule has 2 fully saturated rings. The van der Waals surface area contributed by atoms with Crippen molar-refractivity contribution in [1.29, 1.82) is 0 Å². The van der Waals surface area contributed by atoms with E-state index in [-0.39, 0.29) is 16.9 Å². The molecule has 2 aliphatic rings. The van der Waals surface area contributed by atoms with E-state index in [1.807, 2.05) is 0 Å². The lowest BCUT2D eigenvalue weighted by molar-refractivity contribution is -0.116. The van der Waals surface area contributed by atoms with E-state index in [1.165, 1.54) is 10.4 Å². The summed E-state index contributed by atoms with van der Waals surface area (Å²) in [7, 11) is -3.95. The first-order chi connectivity index (χ1) is 11.2. The van der Waals surface area contributed by atoms with Crippen molar-refractivity contribution >= 4 is 10.0 Å². The Morgan fingerprint density at radius 1 is 1.42 bits per heavy atom. The number of rotatable bonds is 3. The fourth-order valence-electron chi connectivity index (χ4n) is 3.79. The van der Waals surface area contributed by atoms with Crippen LogP contribution in [0.1, 0.15) is 31.7 Å². The molecule has 2 heterocycles. The largest absolute Gasteiger partial charge is 0.390 e. The number of halogens is 1. The van der Waals surface area contributed by atoms with Gasteiger partial charge in [0, 0.05) is 25.1 Å². The molecular weight excluding hydrogens is 333 g/mol. The van der Waals surface area contributed by atoms with Crippen LogP contribution in [0.4, 0.5) is 4.39 Å². The Labute approximate surface area is 142 Å². The van der Waals surface area contributed by atoms with Crippen LogP contribution in [0.25, 0.3) is 0 Å². The number of ether oxygens (including phenoxy) is 1. The third-order valence-corrected chi connectivity index (χ3v) is 7.25. The van der Waals surface area contributed by atoms with Crippen molar-refractivity contribution in [3.8, 4) is 0 Å². The van der Waals surface area contributed by atoms with Crippen LogP contribution in [0.15, 0.2) is 23.1 Å². The summed E-state index contributed by atoms with van der Waals surface area (Å²) in [6.45, 7) is 4.41. The fraction of sp³-hybridized carbons (Fsp3) is 0.647. The van der Waals surface area contributed by atoms with Crippen LogP contribution in [-0.4, -0.2) is 49.2 Å². The number of aryl methyl sites for hydroxylation is 1. The lowest BCUT2D eigenvalue weighted by atomic mass is 9.80. The van der Waals surface area contributed by atoms with Crippen molar-refractivity contribution in [3.63, 3.8) is 0 Å². The van der Waals surface area contributed by atoms with Crippen molar-refractivity contribution in [2.24, 2.45) is 5.92 Å². The minimum absolute atomic E-state index is 0.286. The van der Waals surface area contributed by atoms with E-state index in [0.29, 0.717) is 44.6 Å². The number of nitrogens with zero attached hydrogens (tertiary/aromatic N) is 1. The number of hydrogen-bond acceptors (Lipinski definition) is 4. The van der Waals surface area contributed by atoms with Crippen LogP contribution in [-0.2, 0) is 14.8 Å². The maximum Gasteiger partial charge on any atom is 0.246 e. The molecule has 3 atom stereocenters. The minimum Gasteiger partial charge on any atom is -0.390 e. The van der Waals surface area contributed by atoms with Crippen molar-refractivity contribution in [1.82, 2.24) is 4.31 Å². The molecule has 3 rings (SSSR count). The van der Waals surface area contributed by atoms with Gasteiger partial charge in [-0.05, 0) is 44.7 Å². The topological polar surface area (TPSA) is 66.8 Å². The molecule has 7 heteroatoms. The average Bonchev–Trinajstić information content (AvgIpc) is 2.99. The minimum atomic E-state index is -3.95. The van der Waals surface area contributed by atoms with Crippen molar-refractivity contribution < 1.29 is 22.7 Å². The van der Waals surface area contributed by atoms with Gasteiger partial charge in [0.2, 0.25) is 10.0 Å². The highest BCUT2D eigenvalue weighted by atomic mass is 32.2. The normalized spacial score (nSPS) is 32.2. The van der Waals surface area contributed by atoms with Crippen molar-refractivity contribution in [3.05, 3.63) is 29.6 Å². The fourth-order valence-corrected chi connectivity index (χ4v) is 5.66. The van der Waals surface area contributed by atoms with Crippen LogP contribution in [0.2, 0.25) is 0 Å². The Morgan fingerprint density at radius 2 is 2.17 bits per heavy atom. The Bertz CT molecular complexity index is 719. The van der Waals surface area contributed by atoms with Crippen LogP contribution < -0.4 is 0 Å². The lowest BCUT2D eigenvalue weighted by Crippen LogP contribution is -2.53. The van der Waals surface area contributed by atoms with Crippen LogP contribution >= 0.6 is 0 Å². The highest BCUT2D eigenvalue weighted by Gasteiger charge is 2.48. The molecule has 0 amide bonds. The zero-order valence-electron chi connectivity index (χ0n) is 14.0. The zero-order chi connectivity index (χ0) is 17.5. The average molecular weight is 357 g/mol. The maximum atomic E-state index is 14.4. The Hall–Kier alpha value is -1.02. The van der Waals surface area contributed by atoms with Gasteiger partial charge in [-0.15, -0.1) is 0 Å². The monoisotopic (exact) mass is 357 g/mol. The summed E-state index contributed by atoms with van der Waals surface area (Å²) in [5, 5.41) is 10.7. The summed E-state index contributed by atoms with van der Waals surface area (Å²) in [5.74, 6) is -1.01. The standard InChI is InChI=1S/C17H24FNO4S/c1-12-5-3-7-15(16(12)18)24(21,22)19-9-4-6-14(19)13-11-23-10-8-17(13,2)20/h3,5,7,13-14,20H,4,6,8-11H2,1-2H3/t13-,14+,17+/m0/s1. The molecule has 0 radical (unpaired) electrons. The Morgan fingerprint density at radius 3 is 2.88 bits per heavy atom. The summed E-state index contributed by atoms with van der Waals surface area (Å²) >= 11 is 0. The van der Waals surface area contributed by atoms with E-state index in [1.54, 1.807) is 26.0 Å². The van der Waals surface area contributed by atoms with Gasteiger partial charge >= 0.3 is 0 Å². The summed E-state index contributed by atoms with van der Waals surface area (Å²) in [4.78, 5) is -0.286. The van der Waals surface area contributed by atoms with E-state index in [0.717, 1.165) is 0 Å². The Balaban J connectivity index is 1.96. The molecule has 0 aromatic heterocycles. The van der Waals surface area contributed by atoms with E-state index < -0.39 is 21.4 Å². The summed E-state index contributed by atoms with van der Waals surface area (Å²) in [5.41, 5.74) is -0.675. The van der Waals surface area contributed by atoms with E-state index in [2.05, 4.69) is 0 Å². The Kier molecular flexibility index (Phi) is 4.72. The van der Waals surface area contributed by atoms with Gasteiger partial charge in [-0.25, -0.2) is 12.8 Å². The molecule has 1 N–H and O–H groups in total. The van der Waals surface area contributed by atoms with Crippen molar-refractivity contribution in [2.75, 3.05) is 19.8 Å². The molecular formula is C17H24FNO4S. The smallest absolute Gasteiger partial charge is 0.246 e. The number of benzene rings is 1. The first-order valence-electron chi connectivity index (χ1n) is 8.32. The van der Waals surface area contributed by atoms with Gasteiger partial charge in [-0.1, -0.05) is 12.1 Å². The molecule has 0 unspecified atom stereocenters. The van der Waals surface area contributed by atoms with Crippen LogP contribution in [0, 0.1) is 18.7 Å². The molecule has 0 spiro atoms. The molecule has 0 saturated carbocycles. The summed E-state index contributed by atoms with van der Waals surface area (Å²) < 4.78 is 47.3. The van der Waals surface area contributed by atoms with Crippen molar-refractivity contribution in [2.45, 2.75) is 49.6 Å². The number of aliphatic hydroxyl groups is 1. The first kappa shape index (κ1) is 17.8. The summed E-state index contributed by atoms with van der Waals surface area (Å²) in [6.07, 6.45) is 1.82. The molecule has 1 aromatic rings. The van der Waals surface area contributed by atoms with Gasteiger partial charge < -0.3 is 9.84 Å². The predicted molar refractivity (Wildman–Crippen MR) is 87.6 cm³/mol. The second kappa shape index (κ2) is 6.37. The van der Waals surface area contributed by atoms with Gasteiger partial charge in [-0.3, -0.25) is 0 Å². The van der Waals surface area contributed by atoms with E-state index in [4.69, 9.17) is 4.74 Å². The van der Waals surface area contributed by atoms with Gasteiger partial charge in [0.25, 0.3) is 0 Å². The second-order valence-corrected chi connectivity index (χ2v) is 8.86. The molecule has 2 saturated heterocycles. The summed E-state index contributed by atoms with van der Waals surface area (Å²) in [6, 6.07) is 4.04. The molecule has 134 valence electrons. The quantitative estimate of drug-likeness (QED) is 0.899. The van der Waals surface area contributed by atoms with Gasteiger partial charge in [0.05, 0.1) is 12.2 Å². The van der Waals surface area contributed by atoms with E-state index >= 15 is 0 Å². The molecule has 1 aromatic carbocycles. The molecule has 24 heavy (non-hydrogen) atoms. The van der Waals surface area contributed by atoms with Crippen LogP contribution in [0.3, 0.4) is 0 Å². The van der Waals surface area contributed by atoms with Gasteiger partial charge in [0.15, 0.2) is 0 Å². The predicted octanol–water partition coefficient (Wildman–Crippen LogP) is 2.07. The molecule has 0 aliphatic carbocycles. The second-order valence-electron chi connectivity index (χ2n) is 7.00. The third-order valence-electron chi connectivity index (χ3n) is 5.30. The van der Waals surface area contributed by atoms with E-state index in [9.17, 15) is 17.9 Å². The highest BCUT2D eigenvalue weighted by Crippen LogP contribution is 2.38. The zero-order valence-corrected chi connectivity index (χ0v) is 14.9. The molecule has 5 nitrogen and oxygen atoms in total. The maximum absolute atomic E-state index is 14.4. The number of sulfonamides is 1. The molecule has 0 bridgehead atoms.